The Hall–Kier alpha value is -2.41. The van der Waals surface area contributed by atoms with Crippen LogP contribution >= 0.6 is 11.8 Å². The van der Waals surface area contributed by atoms with Gasteiger partial charge in [0.1, 0.15) is 0 Å². The third-order valence-electron chi connectivity index (χ3n) is 3.14. The Labute approximate surface area is 154 Å². The summed E-state index contributed by atoms with van der Waals surface area (Å²) in [5, 5.41) is 2.54. The molecular formula is C17H14F2N2O3S2. The number of hydrogen-bond donors (Lipinski definition) is 2. The van der Waals surface area contributed by atoms with E-state index in [2.05, 4.69) is 16.0 Å². The molecule has 0 aliphatic rings. The van der Waals surface area contributed by atoms with Crippen LogP contribution in [0.4, 0.5) is 14.5 Å². The number of alkyl halides is 2. The normalized spacial score (nSPS) is 11.2. The second-order valence-electron chi connectivity index (χ2n) is 4.88. The van der Waals surface area contributed by atoms with Crippen molar-refractivity contribution < 1.29 is 22.0 Å². The number of terminal acetylenes is 1. The Morgan fingerprint density at radius 3 is 2.42 bits per heavy atom. The predicted molar refractivity (Wildman–Crippen MR) is 96.7 cm³/mol. The molecule has 0 aliphatic heterocycles. The van der Waals surface area contributed by atoms with Crippen LogP contribution in [0.25, 0.3) is 0 Å². The quantitative estimate of drug-likeness (QED) is 0.557. The molecular weight excluding hydrogens is 382 g/mol. The van der Waals surface area contributed by atoms with Crippen LogP contribution in [0.1, 0.15) is 10.4 Å². The van der Waals surface area contributed by atoms with E-state index >= 15 is 0 Å². The highest BCUT2D eigenvalue weighted by Gasteiger charge is 2.15. The van der Waals surface area contributed by atoms with Crippen molar-refractivity contribution in [2.45, 2.75) is 15.5 Å². The van der Waals surface area contributed by atoms with Crippen molar-refractivity contribution in [2.24, 2.45) is 0 Å². The van der Waals surface area contributed by atoms with Crippen LogP contribution in [0.3, 0.4) is 0 Å². The number of nitrogens with one attached hydrogen (secondary N) is 2. The van der Waals surface area contributed by atoms with Gasteiger partial charge in [0.2, 0.25) is 10.0 Å². The molecule has 9 heteroatoms. The fourth-order valence-corrected chi connectivity index (χ4v) is 3.50. The van der Waals surface area contributed by atoms with E-state index in [9.17, 15) is 22.0 Å². The first-order chi connectivity index (χ1) is 12.3. The molecule has 0 spiro atoms. The van der Waals surface area contributed by atoms with Crippen LogP contribution in [-0.2, 0) is 10.0 Å². The smallest absolute Gasteiger partial charge is 0.288 e. The lowest BCUT2D eigenvalue weighted by Gasteiger charge is -2.11. The van der Waals surface area contributed by atoms with Gasteiger partial charge in [-0.2, -0.15) is 13.5 Å². The molecule has 5 nitrogen and oxygen atoms in total. The topological polar surface area (TPSA) is 75.3 Å². The van der Waals surface area contributed by atoms with E-state index in [4.69, 9.17) is 6.42 Å². The number of amides is 1. The summed E-state index contributed by atoms with van der Waals surface area (Å²) < 4.78 is 51.2. The lowest BCUT2D eigenvalue weighted by molar-refractivity contribution is 0.102. The molecule has 0 saturated carbocycles. The molecule has 26 heavy (non-hydrogen) atoms. The van der Waals surface area contributed by atoms with Crippen molar-refractivity contribution in [3.63, 3.8) is 0 Å². The average Bonchev–Trinajstić information content (AvgIpc) is 2.61. The average molecular weight is 396 g/mol. The summed E-state index contributed by atoms with van der Waals surface area (Å²) in [5.74, 6) is -1.01. The van der Waals surface area contributed by atoms with Crippen molar-refractivity contribution in [3.8, 4) is 12.3 Å². The summed E-state index contributed by atoms with van der Waals surface area (Å²) >= 11 is 0.324. The molecule has 0 radical (unpaired) electrons. The Kier molecular flexibility index (Phi) is 6.74. The van der Waals surface area contributed by atoms with Crippen molar-refractivity contribution in [1.29, 1.82) is 0 Å². The van der Waals surface area contributed by atoms with E-state index in [-0.39, 0.29) is 27.6 Å². The molecule has 0 heterocycles. The fourth-order valence-electron chi connectivity index (χ4n) is 1.97. The van der Waals surface area contributed by atoms with Crippen molar-refractivity contribution in [2.75, 3.05) is 11.9 Å². The molecule has 0 aliphatic carbocycles. The van der Waals surface area contributed by atoms with Crippen LogP contribution in [0, 0.1) is 12.3 Å². The summed E-state index contributed by atoms with van der Waals surface area (Å²) in [4.78, 5) is 12.5. The van der Waals surface area contributed by atoms with E-state index in [1.54, 1.807) is 12.1 Å². The maximum atomic E-state index is 12.6. The largest absolute Gasteiger partial charge is 0.321 e. The number of benzene rings is 2. The zero-order chi connectivity index (χ0) is 19.2. The summed E-state index contributed by atoms with van der Waals surface area (Å²) in [7, 11) is -3.75. The minimum atomic E-state index is -3.75. The molecule has 0 atom stereocenters. The van der Waals surface area contributed by atoms with E-state index in [1.165, 1.54) is 36.4 Å². The van der Waals surface area contributed by atoms with Gasteiger partial charge in [0.25, 0.3) is 11.7 Å². The first-order valence-electron chi connectivity index (χ1n) is 7.22. The van der Waals surface area contributed by atoms with Crippen LogP contribution < -0.4 is 10.0 Å². The zero-order valence-corrected chi connectivity index (χ0v) is 14.9. The van der Waals surface area contributed by atoms with E-state index in [0.717, 1.165) is 0 Å². The number of para-hydroxylation sites is 1. The van der Waals surface area contributed by atoms with Crippen LogP contribution in [0.2, 0.25) is 0 Å². The summed E-state index contributed by atoms with van der Waals surface area (Å²) in [6, 6.07) is 11.3. The molecule has 1 amide bonds. The third-order valence-corrected chi connectivity index (χ3v) is 5.35. The second kappa shape index (κ2) is 8.80. The third kappa shape index (κ3) is 5.29. The highest BCUT2D eigenvalue weighted by atomic mass is 32.2. The van der Waals surface area contributed by atoms with Gasteiger partial charge >= 0.3 is 0 Å². The minimum absolute atomic E-state index is 0.0436. The molecule has 136 valence electrons. The number of anilines is 1. The summed E-state index contributed by atoms with van der Waals surface area (Å²) in [6.07, 6.45) is 5.01. The number of halogens is 2. The Balaban J connectivity index is 2.16. The van der Waals surface area contributed by atoms with Crippen molar-refractivity contribution in [1.82, 2.24) is 4.72 Å². The van der Waals surface area contributed by atoms with E-state index < -0.39 is 21.7 Å². The van der Waals surface area contributed by atoms with Crippen LogP contribution in [0.5, 0.6) is 0 Å². The van der Waals surface area contributed by atoms with Crippen LogP contribution in [0.15, 0.2) is 58.3 Å². The van der Waals surface area contributed by atoms with Crippen molar-refractivity contribution in [3.05, 3.63) is 54.1 Å². The van der Waals surface area contributed by atoms with Crippen molar-refractivity contribution >= 4 is 33.4 Å². The first-order valence-corrected chi connectivity index (χ1v) is 9.58. The Morgan fingerprint density at radius 1 is 1.15 bits per heavy atom. The molecule has 0 bridgehead atoms. The van der Waals surface area contributed by atoms with Gasteiger partial charge in [0.15, 0.2) is 0 Å². The summed E-state index contributed by atoms with van der Waals surface area (Å²) in [5.41, 5.74) is 0.424. The molecule has 0 aromatic heterocycles. The molecule has 2 aromatic carbocycles. The van der Waals surface area contributed by atoms with Gasteiger partial charge < -0.3 is 5.32 Å². The SMILES string of the molecule is C#CCNS(=O)(=O)c1ccc(C(=O)Nc2ccccc2SC(F)F)cc1. The molecule has 2 aromatic rings. The summed E-state index contributed by atoms with van der Waals surface area (Å²) in [6.45, 7) is -0.150. The van der Waals surface area contributed by atoms with Gasteiger partial charge in [0, 0.05) is 10.5 Å². The number of carbonyl (C=O) groups is 1. The molecule has 0 fully saturated rings. The maximum Gasteiger partial charge on any atom is 0.288 e. The number of hydrogen-bond acceptors (Lipinski definition) is 4. The highest BCUT2D eigenvalue weighted by molar-refractivity contribution is 7.99. The standard InChI is InChI=1S/C17H14F2N2O3S2/c1-2-11-20-26(23,24)13-9-7-12(8-10-13)16(22)21-14-5-3-4-6-15(14)25-17(18)19/h1,3-10,17,20H,11H2,(H,21,22). The van der Waals surface area contributed by atoms with E-state index in [1.807, 2.05) is 0 Å². The van der Waals surface area contributed by atoms with Gasteiger partial charge in [0.05, 0.1) is 17.1 Å². The highest BCUT2D eigenvalue weighted by Crippen LogP contribution is 2.31. The van der Waals surface area contributed by atoms with Gasteiger partial charge in [-0.05, 0) is 36.4 Å². The first kappa shape index (κ1) is 19.9. The molecule has 2 N–H and O–H groups in total. The van der Waals surface area contributed by atoms with Crippen LogP contribution in [-0.4, -0.2) is 26.6 Å². The predicted octanol–water partition coefficient (Wildman–Crippen LogP) is 3.17. The second-order valence-corrected chi connectivity index (χ2v) is 7.68. The van der Waals surface area contributed by atoms with Gasteiger partial charge in [-0.1, -0.05) is 29.8 Å². The lowest BCUT2D eigenvalue weighted by Crippen LogP contribution is -2.24. The van der Waals surface area contributed by atoms with Gasteiger partial charge in [-0.15, -0.1) is 6.42 Å². The fraction of sp³-hybridized carbons (Fsp3) is 0.118. The minimum Gasteiger partial charge on any atom is -0.321 e. The Bertz CT molecular complexity index is 924. The molecule has 0 saturated heterocycles. The number of thioether (sulfide) groups is 1. The maximum absolute atomic E-state index is 12.6. The zero-order valence-electron chi connectivity index (χ0n) is 13.3. The number of sulfonamides is 1. The van der Waals surface area contributed by atoms with E-state index in [0.29, 0.717) is 11.8 Å². The van der Waals surface area contributed by atoms with Gasteiger partial charge in [-0.3, -0.25) is 4.79 Å². The number of rotatable bonds is 7. The van der Waals surface area contributed by atoms with Gasteiger partial charge in [-0.25, -0.2) is 8.42 Å². The molecule has 2 rings (SSSR count). The molecule has 0 unspecified atom stereocenters. The monoisotopic (exact) mass is 396 g/mol. The lowest BCUT2D eigenvalue weighted by atomic mass is 10.2. The Morgan fingerprint density at radius 2 is 1.81 bits per heavy atom. The number of carbonyl (C=O) groups excluding carboxylic acids is 1.